The highest BCUT2D eigenvalue weighted by Gasteiger charge is 2.32. The topological polar surface area (TPSA) is 145 Å². The lowest BCUT2D eigenvalue weighted by Gasteiger charge is -2.23. The fraction of sp³-hybridized carbons (Fsp3) is 0.279. The van der Waals surface area contributed by atoms with Crippen molar-refractivity contribution in [3.63, 3.8) is 0 Å². The zero-order valence-corrected chi connectivity index (χ0v) is 30.7. The molecule has 0 spiro atoms. The molecule has 6 rings (SSSR count). The van der Waals surface area contributed by atoms with Crippen LogP contribution in [0.5, 0.6) is 11.5 Å². The molecular formula is C43H42ClN3O6. The molecule has 4 N–H and O–H groups in total. The zero-order chi connectivity index (χ0) is 37.7. The van der Waals surface area contributed by atoms with Crippen LogP contribution >= 0.6 is 11.6 Å². The summed E-state index contributed by atoms with van der Waals surface area (Å²) in [6, 6.07) is 25.9. The molecule has 1 aliphatic rings. The van der Waals surface area contributed by atoms with Crippen molar-refractivity contribution in [3.05, 3.63) is 135 Å². The molecule has 1 aromatic heterocycles. The van der Waals surface area contributed by atoms with Crippen LogP contribution in [0.1, 0.15) is 64.0 Å². The van der Waals surface area contributed by atoms with Crippen LogP contribution in [-0.4, -0.2) is 39.4 Å². The van der Waals surface area contributed by atoms with E-state index < -0.39 is 24.1 Å². The Morgan fingerprint density at radius 1 is 0.962 bits per heavy atom. The number of aliphatic carboxylic acids is 1. The number of rotatable bonds is 13. The van der Waals surface area contributed by atoms with Crippen molar-refractivity contribution in [2.24, 2.45) is 5.41 Å². The smallest absolute Gasteiger partial charge is 0.311 e. The van der Waals surface area contributed by atoms with Gasteiger partial charge < -0.3 is 30.1 Å². The number of carbonyl (C=O) groups is 1. The number of aromatic nitrogens is 1. The quantitative estimate of drug-likeness (QED) is 0.0951. The second-order valence-corrected chi connectivity index (χ2v) is 14.2. The third-order valence-corrected chi connectivity index (χ3v) is 10.5. The third kappa shape index (κ3) is 8.22. The summed E-state index contributed by atoms with van der Waals surface area (Å²) >= 11 is 6.78. The SMILES string of the molecule is Cc1c(COc2cc(OCc3cncc(C#N)c3)c(CC[C@@](C)(CO)C(=O)O)cc2Cl)cccc1-c1cccc(-c2ccc3c(c2)CNCC3O)c1C. The number of nitrogens with one attached hydrogen (secondary N) is 1. The molecule has 0 amide bonds. The van der Waals surface area contributed by atoms with Gasteiger partial charge in [-0.05, 0) is 107 Å². The molecule has 10 heteroatoms. The van der Waals surface area contributed by atoms with Gasteiger partial charge in [-0.25, -0.2) is 0 Å². The lowest BCUT2D eigenvalue weighted by molar-refractivity contribution is -0.150. The first-order chi connectivity index (χ1) is 25.5. The number of β-amino-alcohol motifs (C(OH)–C–C–N with tert-alkyl or cyclic N) is 1. The van der Waals surface area contributed by atoms with E-state index in [-0.39, 0.29) is 26.1 Å². The van der Waals surface area contributed by atoms with Gasteiger partial charge in [0.25, 0.3) is 0 Å². The molecule has 0 saturated carbocycles. The Morgan fingerprint density at radius 2 is 1.70 bits per heavy atom. The molecule has 5 aromatic rings. The van der Waals surface area contributed by atoms with E-state index in [0.717, 1.165) is 56.6 Å². The predicted octanol–water partition coefficient (Wildman–Crippen LogP) is 7.87. The van der Waals surface area contributed by atoms with Crippen LogP contribution in [0, 0.1) is 30.6 Å². The molecule has 0 fully saturated rings. The molecule has 4 aromatic carbocycles. The van der Waals surface area contributed by atoms with Crippen LogP contribution in [0.4, 0.5) is 0 Å². The van der Waals surface area contributed by atoms with Crippen molar-refractivity contribution in [2.45, 2.75) is 59.5 Å². The number of fused-ring (bicyclic) bond motifs is 1. The first-order valence-corrected chi connectivity index (χ1v) is 17.9. The van der Waals surface area contributed by atoms with Crippen LogP contribution in [0.15, 0.2) is 85.2 Å². The van der Waals surface area contributed by atoms with Crippen molar-refractivity contribution < 1.29 is 29.6 Å². The minimum atomic E-state index is -1.34. The Morgan fingerprint density at radius 3 is 2.45 bits per heavy atom. The number of aliphatic hydroxyl groups is 2. The predicted molar refractivity (Wildman–Crippen MR) is 204 cm³/mol. The highest BCUT2D eigenvalue weighted by atomic mass is 35.5. The molecule has 0 bridgehead atoms. The summed E-state index contributed by atoms with van der Waals surface area (Å²) in [4.78, 5) is 16.0. The van der Waals surface area contributed by atoms with E-state index in [9.17, 15) is 25.4 Å². The van der Waals surface area contributed by atoms with E-state index >= 15 is 0 Å². The number of pyridine rings is 1. The number of hydrogen-bond acceptors (Lipinski definition) is 8. The summed E-state index contributed by atoms with van der Waals surface area (Å²) in [6.07, 6.45) is 3.01. The van der Waals surface area contributed by atoms with Crippen LogP contribution < -0.4 is 14.8 Å². The van der Waals surface area contributed by atoms with Crippen LogP contribution in [0.25, 0.3) is 22.3 Å². The van der Waals surface area contributed by atoms with E-state index in [1.54, 1.807) is 24.4 Å². The van der Waals surface area contributed by atoms with Gasteiger partial charge in [-0.2, -0.15) is 5.26 Å². The van der Waals surface area contributed by atoms with Gasteiger partial charge in [0.2, 0.25) is 0 Å². The van der Waals surface area contributed by atoms with Gasteiger partial charge in [-0.15, -0.1) is 0 Å². The average molecular weight is 732 g/mol. The number of nitriles is 1. The van der Waals surface area contributed by atoms with Gasteiger partial charge in [0.15, 0.2) is 0 Å². The van der Waals surface area contributed by atoms with Gasteiger partial charge in [-0.1, -0.05) is 60.1 Å². The molecule has 1 aliphatic heterocycles. The Bertz CT molecular complexity index is 2200. The van der Waals surface area contributed by atoms with Gasteiger partial charge in [0.1, 0.15) is 30.8 Å². The average Bonchev–Trinajstić information content (AvgIpc) is 3.16. The Balaban J connectivity index is 1.26. The molecule has 0 radical (unpaired) electrons. The van der Waals surface area contributed by atoms with Crippen LogP contribution in [0.3, 0.4) is 0 Å². The number of ether oxygens (including phenoxy) is 2. The second kappa shape index (κ2) is 16.2. The lowest BCUT2D eigenvalue weighted by Crippen LogP contribution is -2.32. The fourth-order valence-electron chi connectivity index (χ4n) is 6.70. The summed E-state index contributed by atoms with van der Waals surface area (Å²) in [7, 11) is 0. The van der Waals surface area contributed by atoms with Gasteiger partial charge in [-0.3, -0.25) is 9.78 Å². The molecule has 9 nitrogen and oxygen atoms in total. The number of halogens is 1. The van der Waals surface area contributed by atoms with Crippen molar-refractivity contribution >= 4 is 17.6 Å². The summed E-state index contributed by atoms with van der Waals surface area (Å²) < 4.78 is 12.6. The number of nitrogens with zero attached hydrogens (tertiary/aromatic N) is 2. The zero-order valence-electron chi connectivity index (χ0n) is 29.9. The maximum absolute atomic E-state index is 11.9. The molecule has 1 unspecified atom stereocenters. The van der Waals surface area contributed by atoms with Crippen molar-refractivity contribution in [1.29, 1.82) is 5.26 Å². The van der Waals surface area contributed by atoms with E-state index in [0.29, 0.717) is 39.8 Å². The van der Waals surface area contributed by atoms with E-state index in [1.807, 2.05) is 18.2 Å². The summed E-state index contributed by atoms with van der Waals surface area (Å²) in [5, 5.41) is 42.9. The minimum absolute atomic E-state index is 0.108. The minimum Gasteiger partial charge on any atom is -0.488 e. The van der Waals surface area contributed by atoms with E-state index in [1.165, 1.54) is 13.1 Å². The Labute approximate surface area is 314 Å². The number of aryl methyl sites for hydroxylation is 1. The number of benzene rings is 4. The van der Waals surface area contributed by atoms with Crippen LogP contribution in [0.2, 0.25) is 5.02 Å². The number of carboxylic acids is 1. The molecule has 2 heterocycles. The standard InChI is InChI=1S/C43H42ClN3O6/c1-26-32(6-4-8-35(26)36-9-5-7-34(27(36)2)30-10-11-37-33(15-30)21-47-22-39(37)49)24-53-41-17-40(52-23-29-14-28(18-45)19-46-20-29)31(16-38(41)44)12-13-43(3,25-48)42(50)51/h4-11,14-17,19-20,39,47-49H,12-13,21-25H2,1-3H3,(H,50,51)/t39?,43-/m0/s1. The van der Waals surface area contributed by atoms with Gasteiger partial charge in [0.05, 0.1) is 28.7 Å². The number of hydrogen-bond donors (Lipinski definition) is 4. The molecule has 53 heavy (non-hydrogen) atoms. The van der Waals surface area contributed by atoms with Crippen molar-refractivity contribution in [2.75, 3.05) is 13.2 Å². The van der Waals surface area contributed by atoms with Gasteiger partial charge in [0, 0.05) is 37.1 Å². The van der Waals surface area contributed by atoms with Crippen molar-refractivity contribution in [1.82, 2.24) is 10.3 Å². The maximum Gasteiger partial charge on any atom is 0.311 e. The van der Waals surface area contributed by atoms with Crippen LogP contribution in [-0.2, 0) is 31.0 Å². The first kappa shape index (κ1) is 37.5. The molecule has 2 atom stereocenters. The second-order valence-electron chi connectivity index (χ2n) is 13.8. The molecule has 0 saturated heterocycles. The number of aliphatic hydroxyl groups excluding tert-OH is 2. The Hall–Kier alpha value is -5.24. The molecule has 0 aliphatic carbocycles. The summed E-state index contributed by atoms with van der Waals surface area (Å²) in [5.74, 6) is -0.250. The summed E-state index contributed by atoms with van der Waals surface area (Å²) in [5.41, 5.74) is 10.1. The fourth-order valence-corrected chi connectivity index (χ4v) is 6.94. The molecule has 272 valence electrons. The van der Waals surface area contributed by atoms with E-state index in [2.05, 4.69) is 66.6 Å². The number of carboxylic acid groups (broad SMARTS) is 1. The largest absolute Gasteiger partial charge is 0.488 e. The third-order valence-electron chi connectivity index (χ3n) is 10.2. The van der Waals surface area contributed by atoms with Gasteiger partial charge >= 0.3 is 5.97 Å². The highest BCUT2D eigenvalue weighted by molar-refractivity contribution is 6.32. The highest BCUT2D eigenvalue weighted by Crippen LogP contribution is 2.39. The van der Waals surface area contributed by atoms with Crippen molar-refractivity contribution in [3.8, 4) is 39.8 Å². The maximum atomic E-state index is 11.9. The molecular weight excluding hydrogens is 690 g/mol. The monoisotopic (exact) mass is 731 g/mol. The summed E-state index contributed by atoms with van der Waals surface area (Å²) in [6.45, 7) is 6.82. The Kier molecular flexibility index (Phi) is 11.5. The first-order valence-electron chi connectivity index (χ1n) is 17.5. The van der Waals surface area contributed by atoms with E-state index in [4.69, 9.17) is 21.1 Å². The normalized spacial score (nSPS) is 14.8. The lowest BCUT2D eigenvalue weighted by atomic mass is 9.85.